The van der Waals surface area contributed by atoms with Gasteiger partial charge in [-0.2, -0.15) is 0 Å². The third-order valence-corrected chi connectivity index (χ3v) is 5.26. The lowest BCUT2D eigenvalue weighted by atomic mass is 9.91. The predicted octanol–water partition coefficient (Wildman–Crippen LogP) is 4.36. The number of hydrogen-bond donors (Lipinski definition) is 0. The molecular weight excluding hydrogens is 244 g/mol. The normalized spacial score (nSPS) is 28.1. The zero-order valence-corrected chi connectivity index (χ0v) is 12.8. The van der Waals surface area contributed by atoms with Gasteiger partial charge in [-0.3, -0.25) is 9.59 Å². The quantitative estimate of drug-likeness (QED) is 0.485. The minimum Gasteiger partial charge on any atom is -0.297 e. The predicted molar refractivity (Wildman–Crippen MR) is 77.8 cm³/mol. The largest absolute Gasteiger partial charge is 0.297 e. The molecule has 0 aromatic carbocycles. The van der Waals surface area contributed by atoms with Crippen LogP contribution in [-0.4, -0.2) is 15.6 Å². The summed E-state index contributed by atoms with van der Waals surface area (Å²) < 4.78 is -0.431. The molecule has 18 heavy (non-hydrogen) atoms. The average molecular weight is 270 g/mol. The Balaban J connectivity index is 2.19. The van der Waals surface area contributed by atoms with Crippen molar-refractivity contribution in [3.63, 3.8) is 0 Å². The minimum absolute atomic E-state index is 0.0606. The Kier molecular flexibility index (Phi) is 6.40. The fourth-order valence-corrected chi connectivity index (χ4v) is 3.77. The van der Waals surface area contributed by atoms with Crippen LogP contribution in [-0.2, 0) is 9.59 Å². The van der Waals surface area contributed by atoms with Gasteiger partial charge in [-0.25, -0.2) is 0 Å². The van der Waals surface area contributed by atoms with E-state index in [1.54, 1.807) is 6.92 Å². The SMILES string of the molecule is CCCCCCCCCC1(C)SC(=O)C(C)C1=O. The fourth-order valence-electron chi connectivity index (χ4n) is 2.52. The maximum atomic E-state index is 12.0. The highest BCUT2D eigenvalue weighted by Crippen LogP contribution is 2.42. The smallest absolute Gasteiger partial charge is 0.200 e. The summed E-state index contributed by atoms with van der Waals surface area (Å²) in [6.07, 6.45) is 9.63. The van der Waals surface area contributed by atoms with Crippen molar-refractivity contribution < 1.29 is 9.59 Å². The molecule has 2 atom stereocenters. The summed E-state index contributed by atoms with van der Waals surface area (Å²) in [5.74, 6) is -0.243. The number of unbranched alkanes of at least 4 members (excludes halogenated alkanes) is 6. The lowest BCUT2D eigenvalue weighted by molar-refractivity contribution is -0.127. The van der Waals surface area contributed by atoms with Gasteiger partial charge in [0.05, 0.1) is 10.7 Å². The number of thioether (sulfide) groups is 1. The van der Waals surface area contributed by atoms with E-state index in [-0.39, 0.29) is 16.8 Å². The zero-order valence-electron chi connectivity index (χ0n) is 12.0. The fraction of sp³-hybridized carbons (Fsp3) is 0.867. The van der Waals surface area contributed by atoms with E-state index in [0.717, 1.165) is 12.8 Å². The first kappa shape index (κ1) is 15.7. The van der Waals surface area contributed by atoms with E-state index in [1.165, 1.54) is 50.3 Å². The third kappa shape index (κ3) is 4.11. The number of hydrogen-bond acceptors (Lipinski definition) is 3. The third-order valence-electron chi connectivity index (χ3n) is 3.85. The molecule has 0 N–H and O–H groups in total. The van der Waals surface area contributed by atoms with E-state index in [1.807, 2.05) is 6.92 Å². The highest BCUT2D eigenvalue weighted by Gasteiger charge is 2.47. The van der Waals surface area contributed by atoms with Crippen LogP contribution in [0.15, 0.2) is 0 Å². The molecule has 1 fully saturated rings. The first-order valence-electron chi connectivity index (χ1n) is 7.28. The van der Waals surface area contributed by atoms with Crippen LogP contribution in [0.25, 0.3) is 0 Å². The van der Waals surface area contributed by atoms with Crippen LogP contribution in [0.5, 0.6) is 0 Å². The summed E-state index contributed by atoms with van der Waals surface area (Å²) in [5.41, 5.74) is 0. The van der Waals surface area contributed by atoms with Crippen molar-refractivity contribution >= 4 is 22.7 Å². The molecule has 104 valence electrons. The summed E-state index contributed by atoms with van der Waals surface area (Å²) in [7, 11) is 0. The lowest BCUT2D eigenvalue weighted by Crippen LogP contribution is -2.29. The monoisotopic (exact) mass is 270 g/mol. The van der Waals surface area contributed by atoms with Crippen LogP contribution in [0.4, 0.5) is 0 Å². The summed E-state index contributed by atoms with van der Waals surface area (Å²) in [5, 5.41) is 0.0606. The van der Waals surface area contributed by atoms with Gasteiger partial charge in [0.25, 0.3) is 0 Å². The van der Waals surface area contributed by atoms with E-state index in [9.17, 15) is 9.59 Å². The molecule has 2 unspecified atom stereocenters. The number of ketones is 1. The zero-order chi connectivity index (χ0) is 13.6. The van der Waals surface area contributed by atoms with E-state index in [4.69, 9.17) is 0 Å². The van der Waals surface area contributed by atoms with Crippen LogP contribution in [0.2, 0.25) is 0 Å². The van der Waals surface area contributed by atoms with Gasteiger partial charge in [-0.1, -0.05) is 63.6 Å². The molecule has 3 heteroatoms. The standard InChI is InChI=1S/C15H26O2S/c1-4-5-6-7-8-9-10-11-15(3)13(16)12(2)14(17)18-15/h12H,4-11H2,1-3H3. The molecule has 0 radical (unpaired) electrons. The molecule has 1 rings (SSSR count). The Labute approximate surface area is 115 Å². The Morgan fingerprint density at radius 2 is 1.61 bits per heavy atom. The van der Waals surface area contributed by atoms with Gasteiger partial charge < -0.3 is 0 Å². The molecule has 0 amide bonds. The summed E-state index contributed by atoms with van der Waals surface area (Å²) in [4.78, 5) is 23.6. The molecule has 2 nitrogen and oxygen atoms in total. The van der Waals surface area contributed by atoms with Crippen molar-refractivity contribution in [1.82, 2.24) is 0 Å². The first-order chi connectivity index (χ1) is 8.51. The van der Waals surface area contributed by atoms with E-state index in [2.05, 4.69) is 6.92 Å². The Morgan fingerprint density at radius 3 is 2.11 bits per heavy atom. The number of rotatable bonds is 8. The second-order valence-corrected chi connectivity index (χ2v) is 7.12. The average Bonchev–Trinajstić information content (AvgIpc) is 2.53. The topological polar surface area (TPSA) is 34.1 Å². The van der Waals surface area contributed by atoms with Crippen LogP contribution in [0.3, 0.4) is 0 Å². The number of carbonyl (C=O) groups is 2. The number of carbonyl (C=O) groups excluding carboxylic acids is 2. The van der Waals surface area contributed by atoms with E-state index in [0.29, 0.717) is 0 Å². The van der Waals surface area contributed by atoms with Crippen LogP contribution >= 0.6 is 11.8 Å². The van der Waals surface area contributed by atoms with Gasteiger partial charge in [0, 0.05) is 0 Å². The molecular formula is C15H26O2S. The summed E-state index contributed by atoms with van der Waals surface area (Å²) in [6, 6.07) is 0. The molecule has 0 spiro atoms. The molecule has 0 aliphatic carbocycles. The van der Waals surface area contributed by atoms with Crippen molar-refractivity contribution in [2.24, 2.45) is 5.92 Å². The van der Waals surface area contributed by atoms with Crippen molar-refractivity contribution in [3.05, 3.63) is 0 Å². The van der Waals surface area contributed by atoms with Gasteiger partial charge in [0.1, 0.15) is 0 Å². The molecule has 1 heterocycles. The van der Waals surface area contributed by atoms with E-state index < -0.39 is 4.75 Å². The second kappa shape index (κ2) is 7.32. The minimum atomic E-state index is -0.431. The van der Waals surface area contributed by atoms with Gasteiger partial charge in [0.2, 0.25) is 0 Å². The van der Waals surface area contributed by atoms with Crippen molar-refractivity contribution in [2.75, 3.05) is 0 Å². The number of Topliss-reactive ketones (excluding diaryl/α,β-unsaturated/α-hetero) is 1. The van der Waals surface area contributed by atoms with Crippen LogP contribution < -0.4 is 0 Å². The van der Waals surface area contributed by atoms with Crippen molar-refractivity contribution in [3.8, 4) is 0 Å². The Bertz CT molecular complexity index is 301. The molecule has 1 aliphatic rings. The summed E-state index contributed by atoms with van der Waals surface area (Å²) >= 11 is 1.27. The molecule has 1 saturated heterocycles. The van der Waals surface area contributed by atoms with Gasteiger partial charge in [-0.15, -0.1) is 0 Å². The molecule has 1 aliphatic heterocycles. The van der Waals surface area contributed by atoms with Gasteiger partial charge in [-0.05, 0) is 20.3 Å². The highest BCUT2D eigenvalue weighted by atomic mass is 32.2. The molecule has 0 aromatic heterocycles. The Hall–Kier alpha value is -0.310. The van der Waals surface area contributed by atoms with E-state index >= 15 is 0 Å². The molecule has 0 saturated carbocycles. The lowest BCUT2D eigenvalue weighted by Gasteiger charge is -2.19. The molecule has 0 aromatic rings. The van der Waals surface area contributed by atoms with Crippen LogP contribution in [0.1, 0.15) is 72.1 Å². The maximum Gasteiger partial charge on any atom is 0.200 e. The Morgan fingerprint density at radius 1 is 1.06 bits per heavy atom. The second-order valence-electron chi connectivity index (χ2n) is 5.61. The van der Waals surface area contributed by atoms with Crippen molar-refractivity contribution in [1.29, 1.82) is 0 Å². The van der Waals surface area contributed by atoms with Gasteiger partial charge in [0.15, 0.2) is 10.9 Å². The molecule has 0 bridgehead atoms. The highest BCUT2D eigenvalue weighted by molar-refractivity contribution is 8.16. The maximum absolute atomic E-state index is 12.0. The van der Waals surface area contributed by atoms with Crippen LogP contribution in [0, 0.1) is 5.92 Å². The first-order valence-corrected chi connectivity index (χ1v) is 8.10. The summed E-state index contributed by atoms with van der Waals surface area (Å²) in [6.45, 7) is 5.91. The van der Waals surface area contributed by atoms with Gasteiger partial charge >= 0.3 is 0 Å². The van der Waals surface area contributed by atoms with Crippen molar-refractivity contribution in [2.45, 2.75) is 76.9 Å².